The lowest BCUT2D eigenvalue weighted by Crippen LogP contribution is -1.96. The Balaban J connectivity index is 2.81. The molecule has 5 nitrogen and oxygen atoms in total. The lowest BCUT2D eigenvalue weighted by atomic mass is 10.1. The van der Waals surface area contributed by atoms with Crippen molar-refractivity contribution in [2.24, 2.45) is 0 Å². The monoisotopic (exact) mass is 232 g/mol. The fourth-order valence-electron chi connectivity index (χ4n) is 1.25. The second-order valence-electron chi connectivity index (χ2n) is 3.26. The van der Waals surface area contributed by atoms with E-state index >= 15 is 0 Å². The summed E-state index contributed by atoms with van der Waals surface area (Å²) in [7, 11) is 0. The number of ether oxygens (including phenoxy) is 1. The summed E-state index contributed by atoms with van der Waals surface area (Å²) in [6.07, 6.45) is 1.90. The smallest absolute Gasteiger partial charge is 0.246 e. The van der Waals surface area contributed by atoms with Crippen LogP contribution in [0.1, 0.15) is 18.9 Å². The van der Waals surface area contributed by atoms with Gasteiger partial charge in [-0.15, -0.1) is 0 Å². The van der Waals surface area contributed by atoms with Crippen LogP contribution in [0, 0.1) is 21.4 Å². The van der Waals surface area contributed by atoms with Crippen LogP contribution in [0.4, 0.5) is 0 Å². The Labute approximate surface area is 99.1 Å². The molecule has 0 radical (unpaired) electrons. The Bertz CT molecular complexity index is 458. The van der Waals surface area contributed by atoms with Gasteiger partial charge in [-0.05, 0) is 17.7 Å². The van der Waals surface area contributed by atoms with Gasteiger partial charge in [-0.3, -0.25) is 10.1 Å². The molecule has 0 atom stereocenters. The average molecular weight is 232 g/mol. The molecule has 1 aromatic rings. The summed E-state index contributed by atoms with van der Waals surface area (Å²) >= 11 is 0. The Kier molecular flexibility index (Phi) is 4.70. The first kappa shape index (κ1) is 12.7. The average Bonchev–Trinajstić information content (AvgIpc) is 2.34. The molecular formula is C12H12N2O3. The van der Waals surface area contributed by atoms with E-state index in [1.165, 1.54) is 6.08 Å². The molecule has 0 bridgehead atoms. The molecule has 0 unspecified atom stereocenters. The zero-order valence-electron chi connectivity index (χ0n) is 9.42. The van der Waals surface area contributed by atoms with E-state index in [9.17, 15) is 10.1 Å². The van der Waals surface area contributed by atoms with Crippen molar-refractivity contribution in [1.82, 2.24) is 0 Å². The summed E-state index contributed by atoms with van der Waals surface area (Å²) in [6, 6.07) is 8.65. The topological polar surface area (TPSA) is 76.2 Å². The van der Waals surface area contributed by atoms with Crippen molar-refractivity contribution >= 4 is 6.08 Å². The minimum absolute atomic E-state index is 0.00963. The van der Waals surface area contributed by atoms with E-state index in [1.54, 1.807) is 31.2 Å². The summed E-state index contributed by atoms with van der Waals surface area (Å²) in [6.45, 7) is 1.73. The summed E-state index contributed by atoms with van der Waals surface area (Å²) in [5, 5.41) is 19.0. The first-order valence-electron chi connectivity index (χ1n) is 5.12. The molecule has 0 saturated heterocycles. The van der Waals surface area contributed by atoms with E-state index in [-0.39, 0.29) is 17.2 Å². The van der Waals surface area contributed by atoms with Crippen molar-refractivity contribution in [1.29, 1.82) is 5.26 Å². The first-order valence-corrected chi connectivity index (χ1v) is 5.12. The summed E-state index contributed by atoms with van der Waals surface area (Å²) < 4.78 is 5.07. The number of allylic oxidation sites excluding steroid dienone is 1. The van der Waals surface area contributed by atoms with Crippen LogP contribution in [0.2, 0.25) is 0 Å². The van der Waals surface area contributed by atoms with E-state index in [0.29, 0.717) is 12.2 Å². The third-order valence-electron chi connectivity index (χ3n) is 2.11. The number of rotatable bonds is 5. The third kappa shape index (κ3) is 3.95. The summed E-state index contributed by atoms with van der Waals surface area (Å²) in [5.41, 5.74) is 0.901. The second kappa shape index (κ2) is 6.28. The van der Waals surface area contributed by atoms with Gasteiger partial charge < -0.3 is 4.74 Å². The lowest BCUT2D eigenvalue weighted by molar-refractivity contribution is -0.425. The van der Waals surface area contributed by atoms with Gasteiger partial charge in [0.25, 0.3) is 0 Å². The fraction of sp³-hybridized carbons (Fsp3) is 0.250. The van der Waals surface area contributed by atoms with Crippen LogP contribution in [-0.4, -0.2) is 11.5 Å². The summed E-state index contributed by atoms with van der Waals surface area (Å²) in [5.74, 6) is 0.572. The summed E-state index contributed by atoms with van der Waals surface area (Å²) in [4.78, 5) is 10.2. The Hall–Kier alpha value is -2.35. The quantitative estimate of drug-likeness (QED) is 0.577. The lowest BCUT2D eigenvalue weighted by Gasteiger charge is -2.01. The zero-order valence-corrected chi connectivity index (χ0v) is 9.42. The van der Waals surface area contributed by atoms with Crippen LogP contribution in [0.5, 0.6) is 5.75 Å². The highest BCUT2D eigenvalue weighted by Gasteiger charge is 2.06. The molecule has 88 valence electrons. The predicted octanol–water partition coefficient (Wildman–Crippen LogP) is 2.62. The molecule has 0 aliphatic rings. The molecule has 5 heteroatoms. The highest BCUT2D eigenvalue weighted by atomic mass is 16.6. The molecule has 0 aromatic heterocycles. The van der Waals surface area contributed by atoms with Gasteiger partial charge in [0.1, 0.15) is 11.8 Å². The van der Waals surface area contributed by atoms with Gasteiger partial charge >= 0.3 is 0 Å². The fourth-order valence-corrected chi connectivity index (χ4v) is 1.25. The van der Waals surface area contributed by atoms with Gasteiger partial charge in [-0.1, -0.05) is 19.1 Å². The minimum Gasteiger partial charge on any atom is -0.479 e. The standard InChI is InChI=1S/C12H12N2O3/c1-2-11(14(15)16)9-10-3-5-12(6-4-10)17-8-7-13/h3-6,9H,2,8H2,1H3. The van der Waals surface area contributed by atoms with Gasteiger partial charge in [0.15, 0.2) is 6.61 Å². The van der Waals surface area contributed by atoms with Crippen LogP contribution in [0.25, 0.3) is 6.08 Å². The predicted molar refractivity (Wildman–Crippen MR) is 62.8 cm³/mol. The third-order valence-corrected chi connectivity index (χ3v) is 2.11. The van der Waals surface area contributed by atoms with E-state index < -0.39 is 0 Å². The van der Waals surface area contributed by atoms with Crippen LogP contribution in [0.15, 0.2) is 30.0 Å². The molecule has 1 rings (SSSR count). The van der Waals surface area contributed by atoms with Gasteiger partial charge in [0.05, 0.1) is 4.92 Å². The Morgan fingerprint density at radius 2 is 2.18 bits per heavy atom. The highest BCUT2D eigenvalue weighted by Crippen LogP contribution is 2.15. The van der Waals surface area contributed by atoms with E-state index in [4.69, 9.17) is 10.00 Å². The molecule has 0 aliphatic carbocycles. The van der Waals surface area contributed by atoms with Crippen molar-refractivity contribution in [2.75, 3.05) is 6.61 Å². The molecule has 0 N–H and O–H groups in total. The normalized spacial score (nSPS) is 10.7. The van der Waals surface area contributed by atoms with Gasteiger partial charge in [-0.25, -0.2) is 0 Å². The largest absolute Gasteiger partial charge is 0.479 e. The Morgan fingerprint density at radius 3 is 2.65 bits per heavy atom. The van der Waals surface area contributed by atoms with E-state index in [0.717, 1.165) is 5.56 Å². The number of hydrogen-bond donors (Lipinski definition) is 0. The molecule has 17 heavy (non-hydrogen) atoms. The van der Waals surface area contributed by atoms with Gasteiger partial charge in [0.2, 0.25) is 5.70 Å². The van der Waals surface area contributed by atoms with Crippen LogP contribution >= 0.6 is 0 Å². The van der Waals surface area contributed by atoms with Crippen molar-refractivity contribution in [3.63, 3.8) is 0 Å². The minimum atomic E-state index is -0.389. The molecule has 1 aromatic carbocycles. The maximum absolute atomic E-state index is 10.6. The molecule has 0 amide bonds. The molecule has 0 saturated carbocycles. The SMILES string of the molecule is CCC(=Cc1ccc(OCC#N)cc1)[N+](=O)[O-]. The Morgan fingerprint density at radius 1 is 1.53 bits per heavy atom. The van der Waals surface area contributed by atoms with Crippen LogP contribution in [0.3, 0.4) is 0 Å². The molecule has 0 heterocycles. The maximum atomic E-state index is 10.6. The molecule has 0 aliphatic heterocycles. The van der Waals surface area contributed by atoms with E-state index in [1.807, 2.05) is 6.07 Å². The second-order valence-corrected chi connectivity index (χ2v) is 3.26. The van der Waals surface area contributed by atoms with Crippen molar-refractivity contribution in [3.8, 4) is 11.8 Å². The van der Waals surface area contributed by atoms with Crippen LogP contribution < -0.4 is 4.74 Å². The van der Waals surface area contributed by atoms with Gasteiger partial charge in [-0.2, -0.15) is 5.26 Å². The van der Waals surface area contributed by atoms with Crippen molar-refractivity contribution < 1.29 is 9.66 Å². The van der Waals surface area contributed by atoms with Crippen molar-refractivity contribution in [2.45, 2.75) is 13.3 Å². The highest BCUT2D eigenvalue weighted by molar-refractivity contribution is 5.52. The molecule has 0 spiro atoms. The van der Waals surface area contributed by atoms with E-state index in [2.05, 4.69) is 0 Å². The number of nitriles is 1. The molecular weight excluding hydrogens is 220 g/mol. The number of hydrogen-bond acceptors (Lipinski definition) is 4. The van der Waals surface area contributed by atoms with Crippen molar-refractivity contribution in [3.05, 3.63) is 45.6 Å². The number of nitrogens with zero attached hydrogens (tertiary/aromatic N) is 2. The maximum Gasteiger partial charge on any atom is 0.246 e. The number of benzene rings is 1. The number of nitro groups is 1. The van der Waals surface area contributed by atoms with Crippen LogP contribution in [-0.2, 0) is 0 Å². The first-order chi connectivity index (χ1) is 8.17. The zero-order chi connectivity index (χ0) is 12.7. The molecule has 0 fully saturated rings. The van der Waals surface area contributed by atoms with Gasteiger partial charge in [0, 0.05) is 12.5 Å².